The molecule has 0 aliphatic heterocycles. The molecule has 1 aromatic heterocycles. The van der Waals surface area contributed by atoms with Gasteiger partial charge in [-0.3, -0.25) is 0 Å². The lowest BCUT2D eigenvalue weighted by molar-refractivity contribution is 0.603. The summed E-state index contributed by atoms with van der Waals surface area (Å²) < 4.78 is 21.8. The zero-order valence-electron chi connectivity index (χ0n) is 9.26. The predicted molar refractivity (Wildman–Crippen MR) is 69.9 cm³/mol. The molecule has 0 bridgehead atoms. The maximum Gasteiger partial charge on any atom is 0.205 e. The molecule has 8 heteroatoms. The third-order valence-corrected chi connectivity index (χ3v) is 4.86. The number of rotatable bonds is 7. The quantitative estimate of drug-likeness (QED) is 0.758. The summed E-state index contributed by atoms with van der Waals surface area (Å²) in [4.78, 5) is 0. The Bertz CT molecular complexity index is 416. The van der Waals surface area contributed by atoms with Crippen molar-refractivity contribution in [1.82, 2.24) is 10.2 Å². The molecule has 0 fully saturated rings. The SMILES string of the molecule is CCNc1nnc(CSCCS(C)(=O)=O)s1. The Balaban J connectivity index is 2.26. The van der Waals surface area contributed by atoms with Gasteiger partial charge in [0.25, 0.3) is 0 Å². The van der Waals surface area contributed by atoms with Crippen LogP contribution in [-0.2, 0) is 15.6 Å². The maximum absolute atomic E-state index is 10.9. The van der Waals surface area contributed by atoms with Gasteiger partial charge in [-0.25, -0.2) is 8.42 Å². The van der Waals surface area contributed by atoms with Crippen molar-refractivity contribution in [3.05, 3.63) is 5.01 Å². The first-order valence-electron chi connectivity index (χ1n) is 4.83. The van der Waals surface area contributed by atoms with Crippen LogP contribution in [0.15, 0.2) is 0 Å². The number of hydrogen-bond donors (Lipinski definition) is 1. The summed E-state index contributed by atoms with van der Waals surface area (Å²) in [5.41, 5.74) is 0. The van der Waals surface area contributed by atoms with Crippen molar-refractivity contribution in [2.24, 2.45) is 0 Å². The molecule has 0 saturated carbocycles. The van der Waals surface area contributed by atoms with E-state index in [1.807, 2.05) is 6.92 Å². The van der Waals surface area contributed by atoms with E-state index < -0.39 is 9.84 Å². The zero-order valence-corrected chi connectivity index (χ0v) is 11.7. The molecule has 0 atom stereocenters. The third-order valence-electron chi connectivity index (χ3n) is 1.62. The highest BCUT2D eigenvalue weighted by Gasteiger charge is 2.05. The molecular weight excluding hydrogens is 266 g/mol. The van der Waals surface area contributed by atoms with E-state index in [1.165, 1.54) is 17.6 Å². The summed E-state index contributed by atoms with van der Waals surface area (Å²) in [5, 5.41) is 12.8. The maximum atomic E-state index is 10.9. The second-order valence-corrected chi connectivity index (χ2v) is 7.64. The minimum atomic E-state index is -2.85. The molecule has 0 spiro atoms. The van der Waals surface area contributed by atoms with Crippen molar-refractivity contribution in [3.8, 4) is 0 Å². The third kappa shape index (κ3) is 5.66. The van der Waals surface area contributed by atoms with Crippen LogP contribution in [0.5, 0.6) is 0 Å². The van der Waals surface area contributed by atoms with Crippen LogP contribution in [0.3, 0.4) is 0 Å². The van der Waals surface area contributed by atoms with E-state index in [-0.39, 0.29) is 5.75 Å². The molecule has 5 nitrogen and oxygen atoms in total. The highest BCUT2D eigenvalue weighted by Crippen LogP contribution is 2.19. The molecule has 1 N–H and O–H groups in total. The van der Waals surface area contributed by atoms with E-state index >= 15 is 0 Å². The van der Waals surface area contributed by atoms with Gasteiger partial charge in [-0.15, -0.1) is 10.2 Å². The first-order chi connectivity index (χ1) is 7.51. The van der Waals surface area contributed by atoms with Crippen LogP contribution < -0.4 is 5.32 Å². The minimum Gasteiger partial charge on any atom is -0.360 e. The Morgan fingerprint density at radius 2 is 2.19 bits per heavy atom. The monoisotopic (exact) mass is 281 g/mol. The second-order valence-electron chi connectivity index (χ2n) is 3.21. The number of anilines is 1. The van der Waals surface area contributed by atoms with Gasteiger partial charge in [0.05, 0.1) is 5.75 Å². The molecule has 0 aromatic carbocycles. The largest absolute Gasteiger partial charge is 0.360 e. The van der Waals surface area contributed by atoms with Crippen molar-refractivity contribution >= 4 is 38.1 Å². The lowest BCUT2D eigenvalue weighted by atomic mass is 10.8. The van der Waals surface area contributed by atoms with Gasteiger partial charge in [0.15, 0.2) is 0 Å². The van der Waals surface area contributed by atoms with Crippen molar-refractivity contribution in [3.63, 3.8) is 0 Å². The second kappa shape index (κ2) is 6.41. The summed E-state index contributed by atoms with van der Waals surface area (Å²) in [5.74, 6) is 1.55. The van der Waals surface area contributed by atoms with Crippen LogP contribution in [0.1, 0.15) is 11.9 Å². The van der Waals surface area contributed by atoms with Gasteiger partial charge in [-0.2, -0.15) is 11.8 Å². The smallest absolute Gasteiger partial charge is 0.205 e. The van der Waals surface area contributed by atoms with E-state index in [0.29, 0.717) is 5.75 Å². The first-order valence-corrected chi connectivity index (χ1v) is 8.86. The van der Waals surface area contributed by atoms with Gasteiger partial charge in [0, 0.05) is 24.3 Å². The molecular formula is C8H15N3O2S3. The van der Waals surface area contributed by atoms with Gasteiger partial charge in [-0.1, -0.05) is 11.3 Å². The van der Waals surface area contributed by atoms with E-state index in [4.69, 9.17) is 0 Å². The molecule has 0 saturated heterocycles. The van der Waals surface area contributed by atoms with Crippen molar-refractivity contribution in [2.45, 2.75) is 12.7 Å². The summed E-state index contributed by atoms with van der Waals surface area (Å²) in [6.45, 7) is 2.83. The van der Waals surface area contributed by atoms with Crippen molar-refractivity contribution in [1.29, 1.82) is 0 Å². The van der Waals surface area contributed by atoms with Crippen molar-refractivity contribution < 1.29 is 8.42 Å². The van der Waals surface area contributed by atoms with Crippen LogP contribution >= 0.6 is 23.1 Å². The van der Waals surface area contributed by atoms with Gasteiger partial charge in [0.2, 0.25) is 5.13 Å². The summed E-state index contributed by atoms with van der Waals surface area (Å²) in [6.07, 6.45) is 1.25. The fraction of sp³-hybridized carbons (Fsp3) is 0.750. The standard InChI is InChI=1S/C8H15N3O2S3/c1-3-9-8-11-10-7(15-8)6-14-4-5-16(2,12)13/h3-6H2,1-2H3,(H,9,11). The average Bonchev–Trinajstić information content (AvgIpc) is 2.60. The van der Waals surface area contributed by atoms with Gasteiger partial charge in [0.1, 0.15) is 14.8 Å². The Morgan fingerprint density at radius 3 is 2.81 bits per heavy atom. The van der Waals surface area contributed by atoms with Crippen LogP contribution in [-0.4, -0.2) is 42.9 Å². The highest BCUT2D eigenvalue weighted by atomic mass is 32.2. The molecule has 16 heavy (non-hydrogen) atoms. The summed E-state index contributed by atoms with van der Waals surface area (Å²) >= 11 is 3.08. The van der Waals surface area contributed by atoms with Gasteiger partial charge < -0.3 is 5.32 Å². The average molecular weight is 281 g/mol. The fourth-order valence-electron chi connectivity index (χ4n) is 0.904. The molecule has 1 aromatic rings. The molecule has 92 valence electrons. The van der Waals surface area contributed by atoms with Crippen LogP contribution in [0.2, 0.25) is 0 Å². The van der Waals surface area contributed by atoms with Crippen LogP contribution in [0.4, 0.5) is 5.13 Å². The lowest BCUT2D eigenvalue weighted by Crippen LogP contribution is -2.05. The van der Waals surface area contributed by atoms with Crippen molar-refractivity contribution in [2.75, 3.05) is 29.6 Å². The Hall–Kier alpha value is -0.340. The first kappa shape index (κ1) is 13.7. The summed E-state index contributed by atoms with van der Waals surface area (Å²) in [6, 6.07) is 0. The minimum absolute atomic E-state index is 0.219. The Labute approximate surface area is 104 Å². The molecule has 0 radical (unpaired) electrons. The topological polar surface area (TPSA) is 72.0 Å². The molecule has 0 aliphatic rings. The zero-order chi connectivity index (χ0) is 12.0. The van der Waals surface area contributed by atoms with E-state index in [1.54, 1.807) is 11.8 Å². The predicted octanol–water partition coefficient (Wildman–Crippen LogP) is 1.25. The van der Waals surface area contributed by atoms with E-state index in [0.717, 1.165) is 22.4 Å². The summed E-state index contributed by atoms with van der Waals surface area (Å²) in [7, 11) is -2.85. The number of thioether (sulfide) groups is 1. The number of hydrogen-bond acceptors (Lipinski definition) is 7. The van der Waals surface area contributed by atoms with Crippen LogP contribution in [0, 0.1) is 0 Å². The fourth-order valence-corrected chi connectivity index (χ4v) is 4.05. The highest BCUT2D eigenvalue weighted by molar-refractivity contribution is 8.00. The molecule has 0 aliphatic carbocycles. The van der Waals surface area contributed by atoms with E-state index in [2.05, 4.69) is 15.5 Å². The Kier molecular flexibility index (Phi) is 5.50. The number of sulfone groups is 1. The van der Waals surface area contributed by atoms with Gasteiger partial charge in [-0.05, 0) is 6.92 Å². The number of aromatic nitrogens is 2. The number of nitrogens with zero attached hydrogens (tertiary/aromatic N) is 2. The molecule has 0 unspecified atom stereocenters. The van der Waals surface area contributed by atoms with E-state index in [9.17, 15) is 8.42 Å². The normalized spacial score (nSPS) is 11.6. The lowest BCUT2D eigenvalue weighted by Gasteiger charge is -1.97. The molecule has 0 amide bonds. The molecule has 1 rings (SSSR count). The Morgan fingerprint density at radius 1 is 1.44 bits per heavy atom. The molecule has 1 heterocycles. The van der Waals surface area contributed by atoms with Crippen LogP contribution in [0.25, 0.3) is 0 Å². The number of nitrogens with one attached hydrogen (secondary N) is 1. The van der Waals surface area contributed by atoms with Gasteiger partial charge >= 0.3 is 0 Å².